The lowest BCUT2D eigenvalue weighted by atomic mass is 10.1. The number of hydrogen-bond donors (Lipinski definition) is 1. The molecule has 0 bridgehead atoms. The van der Waals surface area contributed by atoms with Crippen molar-refractivity contribution in [1.29, 1.82) is 0 Å². The van der Waals surface area contributed by atoms with E-state index in [1.54, 1.807) is 4.52 Å². The van der Waals surface area contributed by atoms with Crippen LogP contribution in [0.3, 0.4) is 0 Å². The number of amides is 1. The Morgan fingerprint density at radius 1 is 1.16 bits per heavy atom. The molecule has 0 fully saturated rings. The normalized spacial score (nSPS) is 11.3. The first kappa shape index (κ1) is 17.0. The van der Waals surface area contributed by atoms with E-state index in [-0.39, 0.29) is 11.7 Å². The van der Waals surface area contributed by atoms with Gasteiger partial charge in [0, 0.05) is 23.6 Å². The molecular weight excluding hydrogens is 316 g/mol. The highest BCUT2D eigenvalue weighted by Crippen LogP contribution is 2.19. The lowest BCUT2D eigenvalue weighted by molar-refractivity contribution is 0.101. The Labute approximate surface area is 146 Å². The summed E-state index contributed by atoms with van der Waals surface area (Å²) in [5.41, 5.74) is 4.70. The number of anilines is 1. The van der Waals surface area contributed by atoms with Crippen molar-refractivity contribution >= 4 is 17.4 Å². The highest BCUT2D eigenvalue weighted by Gasteiger charge is 2.16. The van der Waals surface area contributed by atoms with E-state index in [1.165, 1.54) is 0 Å². The van der Waals surface area contributed by atoms with E-state index in [9.17, 15) is 4.79 Å². The summed E-state index contributed by atoms with van der Waals surface area (Å²) in [4.78, 5) is 23.2. The molecule has 0 atom stereocenters. The molecule has 0 saturated heterocycles. The highest BCUT2D eigenvalue weighted by atomic mass is 16.2. The minimum Gasteiger partial charge on any atom is -0.319 e. The van der Waals surface area contributed by atoms with Gasteiger partial charge in [0.25, 0.3) is 11.7 Å². The zero-order valence-electron chi connectivity index (χ0n) is 15.2. The molecule has 3 aromatic rings. The summed E-state index contributed by atoms with van der Waals surface area (Å²) < 4.78 is 1.58. The molecule has 0 unspecified atom stereocenters. The average Bonchev–Trinajstić information content (AvgIpc) is 2.93. The van der Waals surface area contributed by atoms with E-state index in [1.807, 2.05) is 53.1 Å². The van der Waals surface area contributed by atoms with Crippen LogP contribution in [-0.4, -0.2) is 44.5 Å². The van der Waals surface area contributed by atoms with Crippen molar-refractivity contribution in [2.24, 2.45) is 0 Å². The van der Waals surface area contributed by atoms with Gasteiger partial charge in [-0.2, -0.15) is 4.98 Å². The van der Waals surface area contributed by atoms with Crippen LogP contribution < -0.4 is 5.32 Å². The number of aromatic nitrogens is 4. The van der Waals surface area contributed by atoms with Gasteiger partial charge in [-0.1, -0.05) is 17.7 Å². The largest absolute Gasteiger partial charge is 0.319 e. The summed E-state index contributed by atoms with van der Waals surface area (Å²) in [6, 6.07) is 7.86. The SMILES string of the molecule is Cc1ccc(NC(=O)c2nc3nc(C)cc(C)n3n2)c(CN(C)C)c1. The van der Waals surface area contributed by atoms with Gasteiger partial charge in [0.2, 0.25) is 5.82 Å². The first-order valence-corrected chi connectivity index (χ1v) is 8.10. The maximum Gasteiger partial charge on any atom is 0.295 e. The van der Waals surface area contributed by atoms with Crippen molar-refractivity contribution in [3.05, 3.63) is 52.6 Å². The van der Waals surface area contributed by atoms with Crippen LogP contribution in [0.25, 0.3) is 5.78 Å². The first-order valence-electron chi connectivity index (χ1n) is 8.10. The number of nitrogens with zero attached hydrogens (tertiary/aromatic N) is 5. The highest BCUT2D eigenvalue weighted by molar-refractivity contribution is 6.02. The van der Waals surface area contributed by atoms with Gasteiger partial charge in [-0.25, -0.2) is 9.50 Å². The van der Waals surface area contributed by atoms with E-state index in [4.69, 9.17) is 0 Å². The zero-order valence-corrected chi connectivity index (χ0v) is 15.2. The predicted octanol–water partition coefficient (Wildman–Crippen LogP) is 2.36. The third-order valence-corrected chi connectivity index (χ3v) is 3.82. The van der Waals surface area contributed by atoms with Crippen LogP contribution in [0.15, 0.2) is 24.3 Å². The van der Waals surface area contributed by atoms with Gasteiger partial charge < -0.3 is 10.2 Å². The van der Waals surface area contributed by atoms with Crippen molar-refractivity contribution in [3.63, 3.8) is 0 Å². The van der Waals surface area contributed by atoms with Gasteiger partial charge in [-0.05, 0) is 52.6 Å². The van der Waals surface area contributed by atoms with E-state index in [2.05, 4.69) is 31.3 Å². The van der Waals surface area contributed by atoms with Crippen LogP contribution in [0.1, 0.15) is 33.1 Å². The van der Waals surface area contributed by atoms with Crippen LogP contribution in [0.4, 0.5) is 5.69 Å². The number of nitrogens with one attached hydrogen (secondary N) is 1. The first-order chi connectivity index (χ1) is 11.8. The van der Waals surface area contributed by atoms with Crippen LogP contribution in [0.5, 0.6) is 0 Å². The zero-order chi connectivity index (χ0) is 18.1. The van der Waals surface area contributed by atoms with Crippen LogP contribution >= 0.6 is 0 Å². The number of benzene rings is 1. The van der Waals surface area contributed by atoms with E-state index in [0.29, 0.717) is 5.78 Å². The summed E-state index contributed by atoms with van der Waals surface area (Å²) in [7, 11) is 3.99. The van der Waals surface area contributed by atoms with Gasteiger partial charge in [0.05, 0.1) is 0 Å². The van der Waals surface area contributed by atoms with Gasteiger partial charge in [0.15, 0.2) is 0 Å². The van der Waals surface area contributed by atoms with Crippen molar-refractivity contribution in [3.8, 4) is 0 Å². The molecule has 1 aromatic carbocycles. The van der Waals surface area contributed by atoms with Crippen molar-refractivity contribution in [2.75, 3.05) is 19.4 Å². The summed E-state index contributed by atoms with van der Waals surface area (Å²) in [6.07, 6.45) is 0. The van der Waals surface area contributed by atoms with Gasteiger partial charge in [-0.15, -0.1) is 5.10 Å². The molecule has 0 radical (unpaired) electrons. The number of carbonyl (C=O) groups is 1. The minimum absolute atomic E-state index is 0.109. The number of carbonyl (C=O) groups excluding carboxylic acids is 1. The van der Waals surface area contributed by atoms with Gasteiger partial charge >= 0.3 is 0 Å². The Kier molecular flexibility index (Phi) is 4.50. The topological polar surface area (TPSA) is 75.4 Å². The molecule has 2 aromatic heterocycles. The smallest absolute Gasteiger partial charge is 0.295 e. The Hall–Kier alpha value is -2.80. The van der Waals surface area contributed by atoms with E-state index < -0.39 is 0 Å². The fourth-order valence-electron chi connectivity index (χ4n) is 2.76. The fraction of sp³-hybridized carbons (Fsp3) is 0.333. The number of rotatable bonds is 4. The minimum atomic E-state index is -0.341. The number of aryl methyl sites for hydroxylation is 3. The molecule has 1 amide bonds. The molecule has 0 aliphatic rings. The molecular formula is C18H22N6O. The fourth-order valence-corrected chi connectivity index (χ4v) is 2.76. The molecule has 7 heteroatoms. The molecule has 3 rings (SSSR count). The van der Waals surface area contributed by atoms with Crippen molar-refractivity contribution < 1.29 is 4.79 Å². The molecule has 0 saturated carbocycles. The molecule has 0 aliphatic carbocycles. The number of fused-ring (bicyclic) bond motifs is 1. The molecule has 25 heavy (non-hydrogen) atoms. The van der Waals surface area contributed by atoms with Crippen LogP contribution in [0, 0.1) is 20.8 Å². The summed E-state index contributed by atoms with van der Waals surface area (Å²) in [5, 5.41) is 7.20. The maximum absolute atomic E-state index is 12.6. The summed E-state index contributed by atoms with van der Waals surface area (Å²) >= 11 is 0. The van der Waals surface area contributed by atoms with Crippen LogP contribution in [-0.2, 0) is 6.54 Å². The lowest BCUT2D eigenvalue weighted by Gasteiger charge is -2.15. The van der Waals surface area contributed by atoms with Crippen molar-refractivity contribution in [1.82, 2.24) is 24.5 Å². The molecule has 2 heterocycles. The Bertz CT molecular complexity index is 944. The quantitative estimate of drug-likeness (QED) is 0.790. The second kappa shape index (κ2) is 6.60. The number of hydrogen-bond acceptors (Lipinski definition) is 5. The molecule has 0 spiro atoms. The summed E-state index contributed by atoms with van der Waals surface area (Å²) in [5.74, 6) is 0.198. The Morgan fingerprint density at radius 3 is 2.64 bits per heavy atom. The molecule has 1 N–H and O–H groups in total. The van der Waals surface area contributed by atoms with Crippen molar-refractivity contribution in [2.45, 2.75) is 27.3 Å². The van der Waals surface area contributed by atoms with Gasteiger partial charge in [0.1, 0.15) is 0 Å². The monoisotopic (exact) mass is 338 g/mol. The van der Waals surface area contributed by atoms with Crippen LogP contribution in [0.2, 0.25) is 0 Å². The maximum atomic E-state index is 12.6. The second-order valence-corrected chi connectivity index (χ2v) is 6.54. The van der Waals surface area contributed by atoms with Gasteiger partial charge in [-0.3, -0.25) is 4.79 Å². The lowest BCUT2D eigenvalue weighted by Crippen LogP contribution is -2.18. The predicted molar refractivity (Wildman–Crippen MR) is 96.8 cm³/mol. The third-order valence-electron chi connectivity index (χ3n) is 3.82. The summed E-state index contributed by atoms with van der Waals surface area (Å²) in [6.45, 7) is 6.56. The standard InChI is InChI=1S/C18H22N6O/c1-11-6-7-15(14(8-11)10-23(4)5)20-17(25)16-21-18-19-12(2)9-13(3)24(18)22-16/h6-9H,10H2,1-5H3,(H,20,25). The molecule has 0 aliphatic heterocycles. The third kappa shape index (κ3) is 3.66. The Balaban J connectivity index is 1.91. The molecule has 130 valence electrons. The average molecular weight is 338 g/mol. The van der Waals surface area contributed by atoms with E-state index >= 15 is 0 Å². The Morgan fingerprint density at radius 2 is 1.92 bits per heavy atom. The molecule has 7 nitrogen and oxygen atoms in total. The van der Waals surface area contributed by atoms with E-state index in [0.717, 1.165) is 34.7 Å². The second-order valence-electron chi connectivity index (χ2n) is 6.54.